The molecule has 0 bridgehead atoms. The van der Waals surface area contributed by atoms with Crippen molar-refractivity contribution in [1.29, 1.82) is 0 Å². The van der Waals surface area contributed by atoms with Gasteiger partial charge in [0.2, 0.25) is 0 Å². The first-order valence-electron chi connectivity index (χ1n) is 9.42. The number of aromatic hydroxyl groups is 1. The van der Waals surface area contributed by atoms with E-state index in [0.717, 1.165) is 15.6 Å². The average molecular weight is 511 g/mol. The van der Waals surface area contributed by atoms with Gasteiger partial charge in [-0.15, -0.1) is 0 Å². The second kappa shape index (κ2) is 10.3. The van der Waals surface area contributed by atoms with Crippen LogP contribution in [0.25, 0.3) is 0 Å². The molecule has 0 spiro atoms. The fourth-order valence-corrected chi connectivity index (χ4v) is 4.05. The van der Waals surface area contributed by atoms with Gasteiger partial charge in [0.05, 0.1) is 21.1 Å². The summed E-state index contributed by atoms with van der Waals surface area (Å²) in [5.74, 6) is 1.20. The first-order valence-corrected chi connectivity index (χ1v) is 11.0. The highest BCUT2D eigenvalue weighted by atomic mass is 79.9. The number of rotatable bonds is 8. The summed E-state index contributed by atoms with van der Waals surface area (Å²) in [6, 6.07) is 15.4. The number of hydrogen-bond donors (Lipinski definition) is 2. The molecule has 3 aromatic carbocycles. The molecule has 0 aliphatic carbocycles. The highest BCUT2D eigenvalue weighted by molar-refractivity contribution is 9.10. The van der Waals surface area contributed by atoms with Crippen LogP contribution in [-0.2, 0) is 13.2 Å². The van der Waals surface area contributed by atoms with E-state index in [2.05, 4.69) is 40.3 Å². The van der Waals surface area contributed by atoms with Crippen molar-refractivity contribution in [2.24, 2.45) is 0 Å². The van der Waals surface area contributed by atoms with Crippen LogP contribution >= 0.6 is 39.1 Å². The lowest BCUT2D eigenvalue weighted by Gasteiger charge is -2.16. The van der Waals surface area contributed by atoms with Crippen LogP contribution in [0.3, 0.4) is 0 Å². The quantitative estimate of drug-likeness (QED) is 0.311. The van der Waals surface area contributed by atoms with Gasteiger partial charge in [-0.05, 0) is 65.2 Å². The van der Waals surface area contributed by atoms with Crippen molar-refractivity contribution in [2.75, 3.05) is 11.9 Å². The molecule has 0 aliphatic rings. The summed E-state index contributed by atoms with van der Waals surface area (Å²) < 4.78 is 12.7. The number of ether oxygens (including phenoxy) is 2. The molecule has 0 unspecified atom stereocenters. The Morgan fingerprint density at radius 2 is 1.73 bits per heavy atom. The molecule has 0 saturated heterocycles. The van der Waals surface area contributed by atoms with E-state index < -0.39 is 0 Å². The third-order valence-corrected chi connectivity index (χ3v) is 5.51. The Morgan fingerprint density at radius 3 is 2.40 bits per heavy atom. The van der Waals surface area contributed by atoms with Crippen LogP contribution in [0.4, 0.5) is 5.69 Å². The predicted molar refractivity (Wildman–Crippen MR) is 126 cm³/mol. The minimum absolute atomic E-state index is 0.125. The Kier molecular flexibility index (Phi) is 7.75. The second-order valence-electron chi connectivity index (χ2n) is 6.76. The van der Waals surface area contributed by atoms with Gasteiger partial charge >= 0.3 is 0 Å². The Labute approximate surface area is 194 Å². The zero-order valence-corrected chi connectivity index (χ0v) is 19.7. The Balaban J connectivity index is 1.77. The molecule has 7 heteroatoms. The first kappa shape index (κ1) is 22.6. The number of phenolic OH excluding ortho intramolecular Hbond substituents is 1. The third-order valence-electron chi connectivity index (χ3n) is 4.35. The van der Waals surface area contributed by atoms with Crippen molar-refractivity contribution >= 4 is 44.8 Å². The summed E-state index contributed by atoms with van der Waals surface area (Å²) in [7, 11) is 0. The molecule has 2 N–H and O–H groups in total. The smallest absolute Gasteiger partial charge is 0.175 e. The summed E-state index contributed by atoms with van der Waals surface area (Å²) >= 11 is 15.6. The van der Waals surface area contributed by atoms with Crippen molar-refractivity contribution in [3.05, 3.63) is 79.7 Å². The molecule has 3 aromatic rings. The fourth-order valence-electron chi connectivity index (χ4n) is 2.96. The SMILES string of the molecule is CCOc1cc(CNc2cc(Cl)c(O)c(Cl)c2)cc(Br)c1OCc1cccc(C)c1. The second-order valence-corrected chi connectivity index (χ2v) is 8.43. The number of phenols is 1. The lowest BCUT2D eigenvalue weighted by atomic mass is 10.1. The molecule has 0 saturated carbocycles. The van der Waals surface area contributed by atoms with Gasteiger partial charge in [-0.1, -0.05) is 53.0 Å². The molecule has 4 nitrogen and oxygen atoms in total. The minimum Gasteiger partial charge on any atom is -0.505 e. The van der Waals surface area contributed by atoms with Gasteiger partial charge in [0, 0.05) is 12.2 Å². The van der Waals surface area contributed by atoms with E-state index in [4.69, 9.17) is 32.7 Å². The van der Waals surface area contributed by atoms with E-state index in [-0.39, 0.29) is 15.8 Å². The lowest BCUT2D eigenvalue weighted by Crippen LogP contribution is -2.04. The van der Waals surface area contributed by atoms with Crippen molar-refractivity contribution < 1.29 is 14.6 Å². The van der Waals surface area contributed by atoms with E-state index in [1.54, 1.807) is 12.1 Å². The number of halogens is 3. The van der Waals surface area contributed by atoms with Gasteiger partial charge in [0.1, 0.15) is 6.61 Å². The van der Waals surface area contributed by atoms with E-state index >= 15 is 0 Å². The standard InChI is InChI=1S/C23H22BrCl2NO3/c1-3-29-21-9-16(12-27-17-10-19(25)22(28)20(26)11-17)8-18(24)23(21)30-13-15-6-4-5-14(2)7-15/h4-11,27-28H,3,12-13H2,1-2H3. The number of benzene rings is 3. The molecule has 0 heterocycles. The number of hydrogen-bond acceptors (Lipinski definition) is 4. The molecule has 0 aromatic heterocycles. The highest BCUT2D eigenvalue weighted by Crippen LogP contribution is 2.38. The number of nitrogens with one attached hydrogen (secondary N) is 1. The van der Waals surface area contributed by atoms with Crippen LogP contribution in [0.5, 0.6) is 17.2 Å². The van der Waals surface area contributed by atoms with Crippen molar-refractivity contribution in [3.63, 3.8) is 0 Å². The van der Waals surface area contributed by atoms with E-state index in [1.165, 1.54) is 5.56 Å². The zero-order chi connectivity index (χ0) is 21.7. The van der Waals surface area contributed by atoms with Gasteiger partial charge in [0.25, 0.3) is 0 Å². The summed E-state index contributed by atoms with van der Waals surface area (Å²) in [5.41, 5.74) is 3.97. The molecule has 30 heavy (non-hydrogen) atoms. The predicted octanol–water partition coefficient (Wildman–Crippen LogP) is 7.36. The molecule has 158 valence electrons. The van der Waals surface area contributed by atoms with E-state index in [9.17, 15) is 5.11 Å². The number of anilines is 1. The van der Waals surface area contributed by atoms with Crippen LogP contribution in [-0.4, -0.2) is 11.7 Å². The Hall–Kier alpha value is -2.08. The minimum atomic E-state index is -0.125. The zero-order valence-electron chi connectivity index (χ0n) is 16.6. The van der Waals surface area contributed by atoms with Crippen LogP contribution < -0.4 is 14.8 Å². The van der Waals surface area contributed by atoms with Gasteiger partial charge in [-0.2, -0.15) is 0 Å². The molecule has 0 radical (unpaired) electrons. The Morgan fingerprint density at radius 1 is 1.00 bits per heavy atom. The molecule has 0 amide bonds. The fraction of sp³-hybridized carbons (Fsp3) is 0.217. The Bertz CT molecular complexity index is 1020. The largest absolute Gasteiger partial charge is 0.505 e. The molecule has 0 atom stereocenters. The maximum atomic E-state index is 9.70. The van der Waals surface area contributed by atoms with Crippen molar-refractivity contribution in [2.45, 2.75) is 27.0 Å². The van der Waals surface area contributed by atoms with E-state index in [1.807, 2.05) is 31.2 Å². The van der Waals surface area contributed by atoms with E-state index in [0.29, 0.717) is 36.9 Å². The maximum Gasteiger partial charge on any atom is 0.175 e. The van der Waals surface area contributed by atoms with Crippen molar-refractivity contribution in [3.8, 4) is 17.2 Å². The summed E-state index contributed by atoms with van der Waals surface area (Å²) in [6.07, 6.45) is 0. The molecular weight excluding hydrogens is 489 g/mol. The topological polar surface area (TPSA) is 50.7 Å². The van der Waals surface area contributed by atoms with Crippen LogP contribution in [0.1, 0.15) is 23.6 Å². The van der Waals surface area contributed by atoms with Gasteiger partial charge in [-0.25, -0.2) is 0 Å². The van der Waals surface area contributed by atoms with Gasteiger partial charge in [0.15, 0.2) is 17.2 Å². The monoisotopic (exact) mass is 509 g/mol. The lowest BCUT2D eigenvalue weighted by molar-refractivity contribution is 0.267. The summed E-state index contributed by atoms with van der Waals surface area (Å²) in [6.45, 7) is 5.47. The molecule has 0 aliphatic heterocycles. The summed E-state index contributed by atoms with van der Waals surface area (Å²) in [5, 5.41) is 13.3. The van der Waals surface area contributed by atoms with Crippen LogP contribution in [0, 0.1) is 6.92 Å². The van der Waals surface area contributed by atoms with Crippen LogP contribution in [0.2, 0.25) is 10.0 Å². The number of aryl methyl sites for hydroxylation is 1. The maximum absolute atomic E-state index is 9.70. The molecule has 3 rings (SSSR count). The summed E-state index contributed by atoms with van der Waals surface area (Å²) in [4.78, 5) is 0. The molecular formula is C23H22BrCl2NO3. The molecule has 0 fully saturated rings. The first-order chi connectivity index (χ1) is 14.4. The third kappa shape index (κ3) is 5.75. The van der Waals surface area contributed by atoms with Crippen LogP contribution in [0.15, 0.2) is 53.0 Å². The highest BCUT2D eigenvalue weighted by Gasteiger charge is 2.13. The van der Waals surface area contributed by atoms with Gasteiger partial charge < -0.3 is 19.9 Å². The van der Waals surface area contributed by atoms with Crippen molar-refractivity contribution in [1.82, 2.24) is 0 Å². The van der Waals surface area contributed by atoms with Gasteiger partial charge in [-0.3, -0.25) is 0 Å². The average Bonchev–Trinajstić information content (AvgIpc) is 2.70. The normalized spacial score (nSPS) is 10.7.